The fourth-order valence-corrected chi connectivity index (χ4v) is 3.40. The van der Waals surface area contributed by atoms with Gasteiger partial charge >= 0.3 is 0 Å². The highest BCUT2D eigenvalue weighted by atomic mass is 32.2. The molecule has 118 valence electrons. The summed E-state index contributed by atoms with van der Waals surface area (Å²) in [5.74, 6) is -1.79. The minimum absolute atomic E-state index is 0.563. The van der Waals surface area contributed by atoms with Crippen molar-refractivity contribution in [2.75, 3.05) is 0 Å². The smallest absolute Gasteiger partial charge is 0.207 e. The molecule has 0 saturated heterocycles. The second kappa shape index (κ2) is 6.14. The van der Waals surface area contributed by atoms with E-state index in [0.717, 1.165) is 28.8 Å². The van der Waals surface area contributed by atoms with Crippen LogP contribution < -0.4 is 4.72 Å². The predicted molar refractivity (Wildman–Crippen MR) is 81.0 cm³/mol. The van der Waals surface area contributed by atoms with Crippen LogP contribution in [0.2, 0.25) is 0 Å². The Morgan fingerprint density at radius 2 is 1.68 bits per heavy atom. The first kappa shape index (κ1) is 16.6. The number of hydrogen-bond acceptors (Lipinski definition) is 2. The van der Waals surface area contributed by atoms with Gasteiger partial charge in [-0.3, -0.25) is 0 Å². The van der Waals surface area contributed by atoms with E-state index in [2.05, 4.69) is 4.72 Å². The maximum Gasteiger partial charge on any atom is 0.244 e. The van der Waals surface area contributed by atoms with Gasteiger partial charge in [0.15, 0.2) is 0 Å². The maximum absolute atomic E-state index is 13.6. The summed E-state index contributed by atoms with van der Waals surface area (Å²) in [5.41, 5.74) is 2.87. The molecule has 0 spiro atoms. The van der Waals surface area contributed by atoms with Crippen LogP contribution in [0.1, 0.15) is 29.7 Å². The molecule has 0 aliphatic heterocycles. The maximum atomic E-state index is 13.6. The first-order chi connectivity index (χ1) is 10.2. The zero-order valence-corrected chi connectivity index (χ0v) is 13.3. The third-order valence-corrected chi connectivity index (χ3v) is 5.10. The number of rotatable bonds is 4. The molecule has 6 heteroatoms. The predicted octanol–water partition coefficient (Wildman–Crippen LogP) is 3.62. The van der Waals surface area contributed by atoms with Gasteiger partial charge in [-0.2, -0.15) is 0 Å². The molecule has 1 unspecified atom stereocenters. The molecule has 0 heterocycles. The molecule has 0 amide bonds. The third-order valence-electron chi connectivity index (χ3n) is 3.55. The number of halogens is 2. The Hall–Kier alpha value is -1.79. The van der Waals surface area contributed by atoms with Crippen LogP contribution in [0.4, 0.5) is 8.78 Å². The molecule has 2 aromatic rings. The van der Waals surface area contributed by atoms with Crippen molar-refractivity contribution >= 4 is 10.0 Å². The highest BCUT2D eigenvalue weighted by Crippen LogP contribution is 2.21. The molecule has 0 aromatic heterocycles. The third kappa shape index (κ3) is 3.51. The standard InChI is InChI=1S/C16H17F2NO2S/c1-10-4-5-13(8-11(10)2)12(3)19-22(20,21)16-9-14(17)6-7-15(16)18/h4-9,12,19H,1-3H3. The zero-order chi connectivity index (χ0) is 16.5. The van der Waals surface area contributed by atoms with Crippen LogP contribution in [-0.4, -0.2) is 8.42 Å². The topological polar surface area (TPSA) is 46.2 Å². The summed E-state index contributed by atoms with van der Waals surface area (Å²) in [4.78, 5) is -0.691. The van der Waals surface area contributed by atoms with Gasteiger partial charge in [0, 0.05) is 6.04 Å². The Labute approximate surface area is 129 Å². The van der Waals surface area contributed by atoms with Crippen molar-refractivity contribution < 1.29 is 17.2 Å². The highest BCUT2D eigenvalue weighted by Gasteiger charge is 2.22. The van der Waals surface area contributed by atoms with Crippen LogP contribution in [-0.2, 0) is 10.0 Å². The Balaban J connectivity index is 2.31. The summed E-state index contributed by atoms with van der Waals surface area (Å²) in [6.45, 7) is 5.53. The molecule has 0 radical (unpaired) electrons. The summed E-state index contributed by atoms with van der Waals surface area (Å²) in [7, 11) is -4.15. The minimum Gasteiger partial charge on any atom is -0.207 e. The fourth-order valence-electron chi connectivity index (χ4n) is 2.08. The van der Waals surface area contributed by atoms with Gasteiger partial charge in [0.1, 0.15) is 16.5 Å². The first-order valence-corrected chi connectivity index (χ1v) is 8.23. The summed E-state index contributed by atoms with van der Waals surface area (Å²) in [5, 5.41) is 0. The number of aryl methyl sites for hydroxylation is 2. The summed E-state index contributed by atoms with van der Waals surface area (Å²) in [6.07, 6.45) is 0. The molecule has 0 bridgehead atoms. The second-order valence-electron chi connectivity index (χ2n) is 5.26. The van der Waals surface area contributed by atoms with E-state index >= 15 is 0 Å². The van der Waals surface area contributed by atoms with Gasteiger partial charge in [-0.25, -0.2) is 21.9 Å². The lowest BCUT2D eigenvalue weighted by atomic mass is 10.0. The molecule has 3 nitrogen and oxygen atoms in total. The van der Waals surface area contributed by atoms with E-state index in [1.807, 2.05) is 26.0 Å². The zero-order valence-electron chi connectivity index (χ0n) is 12.5. The van der Waals surface area contributed by atoms with Gasteiger partial charge < -0.3 is 0 Å². The molecule has 2 aromatic carbocycles. The van der Waals surface area contributed by atoms with Crippen LogP contribution in [0.3, 0.4) is 0 Å². The average Bonchev–Trinajstić information content (AvgIpc) is 2.43. The van der Waals surface area contributed by atoms with Gasteiger partial charge in [-0.05, 0) is 55.7 Å². The molecule has 22 heavy (non-hydrogen) atoms. The van der Waals surface area contributed by atoms with Crippen molar-refractivity contribution in [2.45, 2.75) is 31.7 Å². The highest BCUT2D eigenvalue weighted by molar-refractivity contribution is 7.89. The monoisotopic (exact) mass is 325 g/mol. The van der Waals surface area contributed by atoms with Gasteiger partial charge in [0.2, 0.25) is 10.0 Å². The molecular formula is C16H17F2NO2S. The lowest BCUT2D eigenvalue weighted by Gasteiger charge is -2.16. The lowest BCUT2D eigenvalue weighted by Crippen LogP contribution is -2.27. The van der Waals surface area contributed by atoms with Crippen molar-refractivity contribution in [3.8, 4) is 0 Å². The minimum atomic E-state index is -4.15. The Bertz CT molecular complexity index is 804. The van der Waals surface area contributed by atoms with Crippen LogP contribution >= 0.6 is 0 Å². The van der Waals surface area contributed by atoms with E-state index < -0.39 is 32.6 Å². The molecule has 0 aliphatic carbocycles. The average molecular weight is 325 g/mol. The van der Waals surface area contributed by atoms with Crippen molar-refractivity contribution in [3.63, 3.8) is 0 Å². The van der Waals surface area contributed by atoms with Crippen molar-refractivity contribution in [1.29, 1.82) is 0 Å². The van der Waals surface area contributed by atoms with E-state index in [4.69, 9.17) is 0 Å². The van der Waals surface area contributed by atoms with Gasteiger partial charge in [-0.1, -0.05) is 18.2 Å². The number of sulfonamides is 1. The Morgan fingerprint density at radius 1 is 1.00 bits per heavy atom. The van der Waals surface area contributed by atoms with Crippen LogP contribution in [0.5, 0.6) is 0 Å². The van der Waals surface area contributed by atoms with Gasteiger partial charge in [-0.15, -0.1) is 0 Å². The van der Waals surface area contributed by atoms with Crippen molar-refractivity contribution in [1.82, 2.24) is 4.72 Å². The molecule has 1 N–H and O–H groups in total. The van der Waals surface area contributed by atoms with Crippen molar-refractivity contribution in [2.24, 2.45) is 0 Å². The second-order valence-corrected chi connectivity index (χ2v) is 6.94. The first-order valence-electron chi connectivity index (χ1n) is 6.75. The molecule has 0 aliphatic rings. The van der Waals surface area contributed by atoms with E-state index in [0.29, 0.717) is 6.07 Å². The van der Waals surface area contributed by atoms with Gasteiger partial charge in [0.05, 0.1) is 0 Å². The van der Waals surface area contributed by atoms with Gasteiger partial charge in [0.25, 0.3) is 0 Å². The van der Waals surface area contributed by atoms with Crippen LogP contribution in [0.15, 0.2) is 41.3 Å². The van der Waals surface area contributed by atoms with Crippen molar-refractivity contribution in [3.05, 3.63) is 64.7 Å². The molecule has 0 saturated carbocycles. The molecule has 0 fully saturated rings. The fraction of sp³-hybridized carbons (Fsp3) is 0.250. The molecular weight excluding hydrogens is 308 g/mol. The summed E-state index contributed by atoms with van der Waals surface area (Å²) >= 11 is 0. The molecule has 1 atom stereocenters. The van der Waals surface area contributed by atoms with E-state index in [1.54, 1.807) is 13.0 Å². The quantitative estimate of drug-likeness (QED) is 0.933. The van der Waals surface area contributed by atoms with Crippen LogP contribution in [0.25, 0.3) is 0 Å². The summed E-state index contributed by atoms with van der Waals surface area (Å²) < 4.78 is 53.6. The summed E-state index contributed by atoms with van der Waals surface area (Å²) in [6, 6.07) is 7.34. The normalized spacial score (nSPS) is 13.1. The number of benzene rings is 2. The van der Waals surface area contributed by atoms with E-state index in [1.165, 1.54) is 0 Å². The number of nitrogens with one attached hydrogen (secondary N) is 1. The van der Waals surface area contributed by atoms with E-state index in [9.17, 15) is 17.2 Å². The largest absolute Gasteiger partial charge is 0.244 e. The lowest BCUT2D eigenvalue weighted by molar-refractivity contribution is 0.538. The Kier molecular flexibility index (Phi) is 4.63. The SMILES string of the molecule is Cc1ccc(C(C)NS(=O)(=O)c2cc(F)ccc2F)cc1C. The van der Waals surface area contributed by atoms with Crippen LogP contribution in [0, 0.1) is 25.5 Å². The number of hydrogen-bond donors (Lipinski definition) is 1. The Morgan fingerprint density at radius 3 is 2.32 bits per heavy atom. The van der Waals surface area contributed by atoms with E-state index in [-0.39, 0.29) is 0 Å². The molecule has 2 rings (SSSR count).